The number of amides is 1. The molecule has 110 valence electrons. The molecular weight excluding hydrogens is 266 g/mol. The molecule has 1 aromatic heterocycles. The van der Waals surface area contributed by atoms with Gasteiger partial charge in [0.05, 0.1) is 12.5 Å². The van der Waals surface area contributed by atoms with Crippen LogP contribution in [0.25, 0.3) is 0 Å². The molecule has 0 radical (unpaired) electrons. The molecule has 0 bridgehead atoms. The fraction of sp³-hybridized carbons (Fsp3) is 0.500. The van der Waals surface area contributed by atoms with Gasteiger partial charge in [-0.15, -0.1) is 0 Å². The molecule has 0 spiro atoms. The fourth-order valence-electron chi connectivity index (χ4n) is 1.79. The first-order valence-electron chi connectivity index (χ1n) is 5.99. The summed E-state index contributed by atoms with van der Waals surface area (Å²) < 4.78 is 0. The monoisotopic (exact) mass is 283 g/mol. The standard InChI is InChI=1S/C12H17N3O5/c1-5-8(6(2)14-12(20)13-5)4-9(17)15-10(7(3)16)11(18)19/h7,10,16H,4H2,1-3H3,(H,15,17)(H,18,19)(H,13,14,20). The third-order valence-corrected chi connectivity index (χ3v) is 2.86. The van der Waals surface area contributed by atoms with E-state index in [1.54, 1.807) is 13.8 Å². The lowest BCUT2D eigenvalue weighted by atomic mass is 10.1. The molecule has 8 heteroatoms. The van der Waals surface area contributed by atoms with E-state index < -0.39 is 29.7 Å². The normalized spacial score (nSPS) is 13.6. The van der Waals surface area contributed by atoms with Gasteiger partial charge in [-0.2, -0.15) is 4.98 Å². The van der Waals surface area contributed by atoms with Crippen LogP contribution in [0, 0.1) is 13.8 Å². The predicted octanol–water partition coefficient (Wildman–Crippen LogP) is -1.12. The van der Waals surface area contributed by atoms with Crippen molar-refractivity contribution in [2.45, 2.75) is 39.3 Å². The first-order valence-corrected chi connectivity index (χ1v) is 5.99. The van der Waals surface area contributed by atoms with Crippen LogP contribution in [0.15, 0.2) is 4.79 Å². The number of hydrogen-bond acceptors (Lipinski definition) is 5. The summed E-state index contributed by atoms with van der Waals surface area (Å²) in [6.07, 6.45) is -1.34. The number of H-pyrrole nitrogens is 1. The Morgan fingerprint density at radius 2 is 2.00 bits per heavy atom. The summed E-state index contributed by atoms with van der Waals surface area (Å²) in [7, 11) is 0. The number of nitrogens with zero attached hydrogens (tertiary/aromatic N) is 1. The highest BCUT2D eigenvalue weighted by molar-refractivity contribution is 5.85. The first-order chi connectivity index (χ1) is 9.22. The van der Waals surface area contributed by atoms with Crippen LogP contribution in [-0.4, -0.2) is 44.2 Å². The summed E-state index contributed by atoms with van der Waals surface area (Å²) in [6, 6.07) is -1.38. The fourth-order valence-corrected chi connectivity index (χ4v) is 1.79. The van der Waals surface area contributed by atoms with E-state index >= 15 is 0 Å². The van der Waals surface area contributed by atoms with Crippen LogP contribution in [0.3, 0.4) is 0 Å². The second-order valence-corrected chi connectivity index (χ2v) is 4.53. The SMILES string of the molecule is Cc1nc(=O)[nH]c(C)c1CC(=O)NC(C(=O)O)C(C)O. The van der Waals surface area contributed by atoms with Crippen molar-refractivity contribution in [3.63, 3.8) is 0 Å². The minimum atomic E-state index is -1.38. The Morgan fingerprint density at radius 1 is 1.40 bits per heavy atom. The molecule has 0 saturated heterocycles. The zero-order valence-electron chi connectivity index (χ0n) is 11.4. The highest BCUT2D eigenvalue weighted by atomic mass is 16.4. The predicted molar refractivity (Wildman–Crippen MR) is 69.3 cm³/mol. The first kappa shape index (κ1) is 15.8. The maximum Gasteiger partial charge on any atom is 0.345 e. The van der Waals surface area contributed by atoms with Gasteiger partial charge in [0.25, 0.3) is 0 Å². The smallest absolute Gasteiger partial charge is 0.345 e. The molecule has 0 aromatic carbocycles. The quantitative estimate of drug-likeness (QED) is 0.541. The van der Waals surface area contributed by atoms with E-state index in [9.17, 15) is 19.5 Å². The molecule has 20 heavy (non-hydrogen) atoms. The third-order valence-electron chi connectivity index (χ3n) is 2.86. The number of aliphatic carboxylic acids is 1. The van der Waals surface area contributed by atoms with Gasteiger partial charge in [0.1, 0.15) is 0 Å². The Balaban J connectivity index is 2.87. The molecule has 2 atom stereocenters. The van der Waals surface area contributed by atoms with Crippen LogP contribution < -0.4 is 11.0 Å². The summed E-state index contributed by atoms with van der Waals surface area (Å²) in [5.41, 5.74) is 0.931. The molecule has 1 rings (SSSR count). The summed E-state index contributed by atoms with van der Waals surface area (Å²) in [5, 5.41) is 20.4. The van der Waals surface area contributed by atoms with Crippen molar-refractivity contribution in [1.29, 1.82) is 0 Å². The summed E-state index contributed by atoms with van der Waals surface area (Å²) in [6.45, 7) is 4.49. The molecule has 0 aliphatic rings. The summed E-state index contributed by atoms with van der Waals surface area (Å²) in [5.74, 6) is -1.89. The van der Waals surface area contributed by atoms with Crippen molar-refractivity contribution in [3.05, 3.63) is 27.4 Å². The van der Waals surface area contributed by atoms with E-state index in [-0.39, 0.29) is 6.42 Å². The molecule has 1 amide bonds. The van der Waals surface area contributed by atoms with Gasteiger partial charge in [-0.1, -0.05) is 0 Å². The average molecular weight is 283 g/mol. The summed E-state index contributed by atoms with van der Waals surface area (Å²) >= 11 is 0. The van der Waals surface area contributed by atoms with Crippen molar-refractivity contribution in [1.82, 2.24) is 15.3 Å². The van der Waals surface area contributed by atoms with Gasteiger partial charge >= 0.3 is 11.7 Å². The molecule has 2 unspecified atom stereocenters. The van der Waals surface area contributed by atoms with Gasteiger partial charge < -0.3 is 20.5 Å². The van der Waals surface area contributed by atoms with Crippen molar-refractivity contribution in [2.24, 2.45) is 0 Å². The number of hydrogen-bond donors (Lipinski definition) is 4. The van der Waals surface area contributed by atoms with E-state index in [1.807, 2.05) is 0 Å². The van der Waals surface area contributed by atoms with E-state index in [4.69, 9.17) is 5.11 Å². The number of aryl methyl sites for hydroxylation is 2. The largest absolute Gasteiger partial charge is 0.480 e. The molecule has 1 aromatic rings. The Hall–Kier alpha value is -2.22. The average Bonchev–Trinajstić information content (AvgIpc) is 2.29. The number of carboxylic acid groups (broad SMARTS) is 1. The van der Waals surface area contributed by atoms with Crippen molar-refractivity contribution < 1.29 is 19.8 Å². The number of aromatic amines is 1. The molecule has 1 heterocycles. The zero-order valence-corrected chi connectivity index (χ0v) is 11.4. The maximum absolute atomic E-state index is 11.8. The Kier molecular flexibility index (Phi) is 4.98. The van der Waals surface area contributed by atoms with Crippen molar-refractivity contribution in [3.8, 4) is 0 Å². The Labute approximate surface area is 114 Å². The molecule has 8 nitrogen and oxygen atoms in total. The zero-order chi connectivity index (χ0) is 15.4. The highest BCUT2D eigenvalue weighted by Crippen LogP contribution is 2.07. The Bertz CT molecular complexity index is 553. The number of aromatic nitrogens is 2. The van der Waals surface area contributed by atoms with E-state index in [1.165, 1.54) is 6.92 Å². The summed E-state index contributed by atoms with van der Waals surface area (Å²) in [4.78, 5) is 40.0. The number of carbonyl (C=O) groups excluding carboxylic acids is 1. The van der Waals surface area contributed by atoms with Crippen LogP contribution in [0.4, 0.5) is 0 Å². The van der Waals surface area contributed by atoms with Gasteiger partial charge in [0.2, 0.25) is 5.91 Å². The second kappa shape index (κ2) is 6.29. The van der Waals surface area contributed by atoms with E-state index in [0.717, 1.165) is 0 Å². The number of aliphatic hydroxyl groups is 1. The Morgan fingerprint density at radius 3 is 2.45 bits per heavy atom. The molecule has 4 N–H and O–H groups in total. The highest BCUT2D eigenvalue weighted by Gasteiger charge is 2.25. The topological polar surface area (TPSA) is 132 Å². The van der Waals surface area contributed by atoms with Crippen LogP contribution in [0.2, 0.25) is 0 Å². The number of carboxylic acids is 1. The molecule has 0 aliphatic carbocycles. The van der Waals surface area contributed by atoms with Crippen LogP contribution in [0.5, 0.6) is 0 Å². The molecule has 0 fully saturated rings. The lowest BCUT2D eigenvalue weighted by Crippen LogP contribution is -2.48. The van der Waals surface area contributed by atoms with Gasteiger partial charge in [0, 0.05) is 17.0 Å². The number of rotatable bonds is 5. The van der Waals surface area contributed by atoms with Gasteiger partial charge in [0.15, 0.2) is 6.04 Å². The number of carbonyl (C=O) groups is 2. The number of nitrogens with one attached hydrogen (secondary N) is 2. The van der Waals surface area contributed by atoms with E-state index in [2.05, 4.69) is 15.3 Å². The third kappa shape index (κ3) is 3.89. The van der Waals surface area contributed by atoms with Crippen LogP contribution in [0.1, 0.15) is 23.9 Å². The van der Waals surface area contributed by atoms with Gasteiger partial charge in [-0.25, -0.2) is 9.59 Å². The van der Waals surface area contributed by atoms with Crippen LogP contribution in [-0.2, 0) is 16.0 Å². The van der Waals surface area contributed by atoms with Crippen LogP contribution >= 0.6 is 0 Å². The van der Waals surface area contributed by atoms with Gasteiger partial charge in [-0.05, 0) is 20.8 Å². The molecule has 0 saturated carbocycles. The van der Waals surface area contributed by atoms with E-state index in [0.29, 0.717) is 17.0 Å². The van der Waals surface area contributed by atoms with Crippen molar-refractivity contribution in [2.75, 3.05) is 0 Å². The van der Waals surface area contributed by atoms with Gasteiger partial charge in [-0.3, -0.25) is 4.79 Å². The minimum Gasteiger partial charge on any atom is -0.480 e. The lowest BCUT2D eigenvalue weighted by Gasteiger charge is -2.17. The lowest BCUT2D eigenvalue weighted by molar-refractivity contribution is -0.144. The maximum atomic E-state index is 11.8. The van der Waals surface area contributed by atoms with Crippen molar-refractivity contribution >= 4 is 11.9 Å². The molecule has 0 aliphatic heterocycles. The second-order valence-electron chi connectivity index (χ2n) is 4.53. The minimum absolute atomic E-state index is 0.127. The molecular formula is C12H17N3O5. The number of aliphatic hydroxyl groups excluding tert-OH is 1.